The van der Waals surface area contributed by atoms with E-state index in [1.807, 2.05) is 36.1 Å². The fourth-order valence-corrected chi connectivity index (χ4v) is 3.45. The molecule has 1 heterocycles. The molecular weight excluding hydrogens is 315 g/mol. The van der Waals surface area contributed by atoms with Crippen LogP contribution >= 0.6 is 0 Å². The van der Waals surface area contributed by atoms with Crippen LogP contribution in [0.15, 0.2) is 48.5 Å². The van der Waals surface area contributed by atoms with Crippen molar-refractivity contribution in [1.82, 2.24) is 9.88 Å². The van der Waals surface area contributed by atoms with Gasteiger partial charge in [-0.1, -0.05) is 30.3 Å². The summed E-state index contributed by atoms with van der Waals surface area (Å²) in [6.45, 7) is 2.49. The van der Waals surface area contributed by atoms with Gasteiger partial charge in [-0.25, -0.2) is 4.39 Å². The van der Waals surface area contributed by atoms with E-state index in [2.05, 4.69) is 11.1 Å². The third-order valence-corrected chi connectivity index (χ3v) is 4.90. The second-order valence-corrected chi connectivity index (χ2v) is 6.83. The summed E-state index contributed by atoms with van der Waals surface area (Å²) >= 11 is 0. The molecule has 1 N–H and O–H groups in total. The number of benzene rings is 2. The van der Waals surface area contributed by atoms with E-state index in [4.69, 9.17) is 0 Å². The Labute approximate surface area is 146 Å². The number of aryl methyl sites for hydroxylation is 1. The first-order chi connectivity index (χ1) is 12.1. The van der Waals surface area contributed by atoms with E-state index in [0.29, 0.717) is 19.0 Å². The summed E-state index contributed by atoms with van der Waals surface area (Å²) in [6, 6.07) is 14.9. The number of fused-ring (bicyclic) bond motifs is 1. The van der Waals surface area contributed by atoms with E-state index in [9.17, 15) is 9.18 Å². The summed E-state index contributed by atoms with van der Waals surface area (Å²) in [6.07, 6.45) is 2.45. The summed E-state index contributed by atoms with van der Waals surface area (Å²) in [5.41, 5.74) is 4.00. The fourth-order valence-electron chi connectivity index (χ4n) is 3.45. The van der Waals surface area contributed by atoms with Crippen molar-refractivity contribution in [1.29, 1.82) is 0 Å². The van der Waals surface area contributed by atoms with Crippen LogP contribution in [0.1, 0.15) is 29.7 Å². The normalized spacial score (nSPS) is 14.0. The van der Waals surface area contributed by atoms with E-state index >= 15 is 0 Å². The summed E-state index contributed by atoms with van der Waals surface area (Å²) in [5.74, 6) is -0.146. The molecule has 25 heavy (non-hydrogen) atoms. The Balaban J connectivity index is 1.58. The Morgan fingerprint density at radius 2 is 2.00 bits per heavy atom. The van der Waals surface area contributed by atoms with Crippen LogP contribution < -0.4 is 0 Å². The van der Waals surface area contributed by atoms with Crippen molar-refractivity contribution in [2.24, 2.45) is 0 Å². The highest BCUT2D eigenvalue weighted by atomic mass is 19.1. The monoisotopic (exact) mass is 336 g/mol. The lowest BCUT2D eigenvalue weighted by Gasteiger charge is -2.23. The van der Waals surface area contributed by atoms with Crippen LogP contribution in [-0.4, -0.2) is 21.8 Å². The Bertz CT molecular complexity index is 927. The number of hydrogen-bond donors (Lipinski definition) is 1. The van der Waals surface area contributed by atoms with Gasteiger partial charge in [0.05, 0.1) is 6.42 Å². The number of carbonyl (C=O) groups is 1. The molecule has 0 bridgehead atoms. The molecule has 1 aromatic heterocycles. The Morgan fingerprint density at radius 3 is 2.76 bits per heavy atom. The number of carbonyl (C=O) groups excluding carboxylic acids is 1. The number of aromatic amines is 1. The molecule has 0 aliphatic heterocycles. The molecule has 128 valence electrons. The molecule has 1 amide bonds. The van der Waals surface area contributed by atoms with E-state index in [1.54, 1.807) is 6.07 Å². The first kappa shape index (κ1) is 15.9. The first-order valence-electron chi connectivity index (χ1n) is 8.72. The van der Waals surface area contributed by atoms with Gasteiger partial charge in [0.25, 0.3) is 0 Å². The number of halogens is 1. The highest BCUT2D eigenvalue weighted by molar-refractivity contribution is 5.90. The van der Waals surface area contributed by atoms with E-state index in [1.165, 1.54) is 12.1 Å². The highest BCUT2D eigenvalue weighted by Gasteiger charge is 2.33. The van der Waals surface area contributed by atoms with Gasteiger partial charge < -0.3 is 9.88 Å². The standard InChI is InChI=1S/C21H21FN2O/c1-14-19(18-7-2-3-8-20(18)23-14)12-21(25)24(17-9-10-17)13-15-5-4-6-16(22)11-15/h2-8,11,17,23H,9-10,12-13H2,1H3. The molecule has 3 aromatic rings. The Kier molecular flexibility index (Phi) is 4.04. The molecule has 0 unspecified atom stereocenters. The molecule has 4 rings (SSSR count). The van der Waals surface area contributed by atoms with Gasteiger partial charge in [-0.05, 0) is 49.1 Å². The van der Waals surface area contributed by atoms with Gasteiger partial charge in [0, 0.05) is 29.2 Å². The molecule has 0 radical (unpaired) electrons. The average molecular weight is 336 g/mol. The lowest BCUT2D eigenvalue weighted by Crippen LogP contribution is -2.34. The number of nitrogens with zero attached hydrogens (tertiary/aromatic N) is 1. The molecular formula is C21H21FN2O. The number of para-hydroxylation sites is 1. The average Bonchev–Trinajstić information content (AvgIpc) is 3.38. The van der Waals surface area contributed by atoms with Crippen molar-refractivity contribution in [2.75, 3.05) is 0 Å². The van der Waals surface area contributed by atoms with E-state index in [0.717, 1.165) is 40.6 Å². The van der Waals surface area contributed by atoms with Gasteiger partial charge in [-0.3, -0.25) is 4.79 Å². The maximum absolute atomic E-state index is 13.5. The van der Waals surface area contributed by atoms with Crippen molar-refractivity contribution >= 4 is 16.8 Å². The zero-order valence-corrected chi connectivity index (χ0v) is 14.3. The quantitative estimate of drug-likeness (QED) is 0.739. The summed E-state index contributed by atoms with van der Waals surface area (Å²) in [5, 5.41) is 1.11. The first-order valence-corrected chi connectivity index (χ1v) is 8.72. The number of nitrogens with one attached hydrogen (secondary N) is 1. The van der Waals surface area contributed by atoms with Crippen LogP contribution in [-0.2, 0) is 17.8 Å². The van der Waals surface area contributed by atoms with Gasteiger partial charge in [-0.2, -0.15) is 0 Å². The number of H-pyrrole nitrogens is 1. The number of aromatic nitrogens is 1. The molecule has 4 heteroatoms. The molecule has 0 spiro atoms. The molecule has 0 saturated heterocycles. The van der Waals surface area contributed by atoms with E-state index < -0.39 is 0 Å². The largest absolute Gasteiger partial charge is 0.358 e. The van der Waals surface area contributed by atoms with Gasteiger partial charge in [0.2, 0.25) is 5.91 Å². The molecule has 1 saturated carbocycles. The van der Waals surface area contributed by atoms with Crippen molar-refractivity contribution in [2.45, 2.75) is 38.8 Å². The summed E-state index contributed by atoms with van der Waals surface area (Å²) in [4.78, 5) is 18.3. The molecule has 2 aromatic carbocycles. The predicted molar refractivity (Wildman–Crippen MR) is 96.7 cm³/mol. The van der Waals surface area contributed by atoms with Crippen LogP contribution in [0.3, 0.4) is 0 Å². The maximum Gasteiger partial charge on any atom is 0.227 e. The van der Waals surface area contributed by atoms with Gasteiger partial charge in [-0.15, -0.1) is 0 Å². The zero-order chi connectivity index (χ0) is 17.4. The van der Waals surface area contributed by atoms with Crippen LogP contribution in [0.2, 0.25) is 0 Å². The molecule has 3 nitrogen and oxygen atoms in total. The van der Waals surface area contributed by atoms with Gasteiger partial charge in [0.1, 0.15) is 5.82 Å². The Hall–Kier alpha value is -2.62. The van der Waals surface area contributed by atoms with Crippen molar-refractivity contribution in [3.63, 3.8) is 0 Å². The number of rotatable bonds is 5. The van der Waals surface area contributed by atoms with Gasteiger partial charge in [0.15, 0.2) is 0 Å². The SMILES string of the molecule is Cc1[nH]c2ccccc2c1CC(=O)N(Cc1cccc(F)c1)C1CC1. The second-order valence-electron chi connectivity index (χ2n) is 6.83. The molecule has 0 atom stereocenters. The third-order valence-electron chi connectivity index (χ3n) is 4.90. The third kappa shape index (κ3) is 3.29. The fraction of sp³-hybridized carbons (Fsp3) is 0.286. The second kappa shape index (κ2) is 6.36. The van der Waals surface area contributed by atoms with Gasteiger partial charge >= 0.3 is 0 Å². The van der Waals surface area contributed by atoms with E-state index in [-0.39, 0.29) is 11.7 Å². The lowest BCUT2D eigenvalue weighted by atomic mass is 10.1. The lowest BCUT2D eigenvalue weighted by molar-refractivity contribution is -0.131. The predicted octanol–water partition coefficient (Wildman–Crippen LogP) is 4.35. The van der Waals surface area contributed by atoms with Crippen LogP contribution in [0.5, 0.6) is 0 Å². The maximum atomic E-state index is 13.5. The highest BCUT2D eigenvalue weighted by Crippen LogP contribution is 2.30. The van der Waals surface area contributed by atoms with Crippen molar-refractivity contribution in [3.8, 4) is 0 Å². The van der Waals surface area contributed by atoms with Crippen LogP contribution in [0.4, 0.5) is 4.39 Å². The zero-order valence-electron chi connectivity index (χ0n) is 14.3. The number of amides is 1. The summed E-state index contributed by atoms with van der Waals surface area (Å²) in [7, 11) is 0. The topological polar surface area (TPSA) is 36.1 Å². The number of hydrogen-bond acceptors (Lipinski definition) is 1. The smallest absolute Gasteiger partial charge is 0.227 e. The minimum Gasteiger partial charge on any atom is -0.358 e. The minimum absolute atomic E-state index is 0.111. The molecule has 1 aliphatic carbocycles. The molecule has 1 fully saturated rings. The minimum atomic E-state index is -0.256. The van der Waals surface area contributed by atoms with Crippen molar-refractivity contribution < 1.29 is 9.18 Å². The van der Waals surface area contributed by atoms with Crippen LogP contribution in [0, 0.1) is 12.7 Å². The molecule has 1 aliphatic rings. The Morgan fingerprint density at radius 1 is 1.20 bits per heavy atom. The summed E-state index contributed by atoms with van der Waals surface area (Å²) < 4.78 is 13.5. The van der Waals surface area contributed by atoms with Crippen LogP contribution in [0.25, 0.3) is 10.9 Å². The van der Waals surface area contributed by atoms with Crippen molar-refractivity contribution in [3.05, 3.63) is 71.2 Å².